The van der Waals surface area contributed by atoms with E-state index in [9.17, 15) is 0 Å². The summed E-state index contributed by atoms with van der Waals surface area (Å²) in [7, 11) is 0. The van der Waals surface area contributed by atoms with Crippen molar-refractivity contribution in [3.05, 3.63) is 59.8 Å². The number of rotatable bonds is 5. The highest BCUT2D eigenvalue weighted by molar-refractivity contribution is 5.15. The summed E-state index contributed by atoms with van der Waals surface area (Å²) in [6.07, 6.45) is 8.92. The van der Waals surface area contributed by atoms with Crippen LogP contribution in [-0.2, 0) is 19.4 Å². The Kier molecular flexibility index (Phi) is 4.24. The minimum Gasteiger partial charge on any atom is -0.338 e. The summed E-state index contributed by atoms with van der Waals surface area (Å²) in [5.74, 6) is 3.22. The van der Waals surface area contributed by atoms with Crippen LogP contribution in [0.1, 0.15) is 30.1 Å². The minimum absolute atomic E-state index is 0.764. The van der Waals surface area contributed by atoms with Gasteiger partial charge >= 0.3 is 0 Å². The average molecular weight is 309 g/mol. The van der Waals surface area contributed by atoms with Crippen LogP contribution in [0, 0.1) is 11.8 Å². The van der Waals surface area contributed by atoms with Crippen molar-refractivity contribution >= 4 is 0 Å². The maximum absolute atomic E-state index is 5.45. The Balaban J connectivity index is 1.30. The summed E-state index contributed by atoms with van der Waals surface area (Å²) in [6.45, 7) is 3.12. The van der Waals surface area contributed by atoms with Gasteiger partial charge in [0.15, 0.2) is 5.82 Å². The molecule has 0 radical (unpaired) electrons. The first-order chi connectivity index (χ1) is 11.4. The second kappa shape index (κ2) is 6.67. The van der Waals surface area contributed by atoms with Gasteiger partial charge in [0.05, 0.1) is 6.54 Å². The number of aryl methyl sites for hydroxylation is 2. The van der Waals surface area contributed by atoms with Crippen molar-refractivity contribution in [3.8, 4) is 0 Å². The van der Waals surface area contributed by atoms with E-state index < -0.39 is 0 Å². The van der Waals surface area contributed by atoms with Crippen LogP contribution in [0.4, 0.5) is 0 Å². The van der Waals surface area contributed by atoms with Crippen molar-refractivity contribution in [1.29, 1.82) is 0 Å². The summed E-state index contributed by atoms with van der Waals surface area (Å²) in [5, 5.41) is 4.14. The van der Waals surface area contributed by atoms with Crippen molar-refractivity contribution in [2.24, 2.45) is 11.8 Å². The number of hydrogen-bond donors (Lipinski definition) is 0. The molecule has 1 saturated heterocycles. The van der Waals surface area contributed by atoms with Gasteiger partial charge in [0.25, 0.3) is 0 Å². The number of allylic oxidation sites excluding steroid dienone is 2. The first-order valence-electron chi connectivity index (χ1n) is 8.59. The van der Waals surface area contributed by atoms with Crippen LogP contribution in [0.25, 0.3) is 0 Å². The van der Waals surface area contributed by atoms with E-state index in [2.05, 4.69) is 51.5 Å². The van der Waals surface area contributed by atoms with Crippen molar-refractivity contribution < 1.29 is 4.52 Å². The first-order valence-corrected chi connectivity index (χ1v) is 8.59. The molecule has 2 heterocycles. The smallest absolute Gasteiger partial charge is 0.240 e. The Bertz CT molecular complexity index is 648. The van der Waals surface area contributed by atoms with Gasteiger partial charge in [-0.3, -0.25) is 4.90 Å². The van der Waals surface area contributed by atoms with Gasteiger partial charge < -0.3 is 4.52 Å². The summed E-state index contributed by atoms with van der Waals surface area (Å²) in [6, 6.07) is 10.5. The highest BCUT2D eigenvalue weighted by Gasteiger charge is 2.33. The van der Waals surface area contributed by atoms with E-state index in [1.54, 1.807) is 0 Å². The lowest BCUT2D eigenvalue weighted by Crippen LogP contribution is -2.20. The SMILES string of the molecule is C1=CC[C@@H]2CN(Cc3nc(CCc4ccccc4)no3)C[C@H]2C1. The zero-order chi connectivity index (χ0) is 15.5. The topological polar surface area (TPSA) is 42.2 Å². The zero-order valence-electron chi connectivity index (χ0n) is 13.4. The van der Waals surface area contributed by atoms with Gasteiger partial charge in [-0.2, -0.15) is 4.98 Å². The van der Waals surface area contributed by atoms with Gasteiger partial charge in [-0.05, 0) is 36.7 Å². The van der Waals surface area contributed by atoms with Crippen molar-refractivity contribution in [1.82, 2.24) is 15.0 Å². The Labute approximate surface area is 137 Å². The van der Waals surface area contributed by atoms with Gasteiger partial charge in [0.2, 0.25) is 5.89 Å². The molecule has 0 bridgehead atoms. The van der Waals surface area contributed by atoms with E-state index in [1.165, 1.54) is 18.4 Å². The maximum Gasteiger partial charge on any atom is 0.240 e. The fraction of sp³-hybridized carbons (Fsp3) is 0.474. The Morgan fingerprint density at radius 1 is 1.00 bits per heavy atom. The third-order valence-electron chi connectivity index (χ3n) is 5.05. The number of fused-ring (bicyclic) bond motifs is 1. The van der Waals surface area contributed by atoms with Crippen LogP contribution < -0.4 is 0 Å². The van der Waals surface area contributed by atoms with Crippen LogP contribution in [0.15, 0.2) is 47.0 Å². The summed E-state index contributed by atoms with van der Waals surface area (Å²) in [4.78, 5) is 7.04. The van der Waals surface area contributed by atoms with E-state index in [0.29, 0.717) is 0 Å². The van der Waals surface area contributed by atoms with Gasteiger partial charge in [-0.25, -0.2) is 0 Å². The van der Waals surface area contributed by atoms with E-state index in [4.69, 9.17) is 4.52 Å². The largest absolute Gasteiger partial charge is 0.338 e. The Morgan fingerprint density at radius 2 is 1.74 bits per heavy atom. The molecule has 0 unspecified atom stereocenters. The summed E-state index contributed by atoms with van der Waals surface area (Å²) in [5.41, 5.74) is 1.31. The van der Waals surface area contributed by atoms with E-state index in [0.717, 1.165) is 56.0 Å². The molecule has 1 aliphatic heterocycles. The first kappa shape index (κ1) is 14.6. The number of hydrogen-bond acceptors (Lipinski definition) is 4. The van der Waals surface area contributed by atoms with E-state index >= 15 is 0 Å². The molecular formula is C19H23N3O. The molecule has 0 saturated carbocycles. The summed E-state index contributed by atoms with van der Waals surface area (Å²) >= 11 is 0. The normalized spacial score (nSPS) is 24.0. The second-order valence-electron chi connectivity index (χ2n) is 6.75. The van der Waals surface area contributed by atoms with Gasteiger partial charge in [0.1, 0.15) is 0 Å². The fourth-order valence-corrected chi connectivity index (χ4v) is 3.79. The molecule has 1 aromatic carbocycles. The van der Waals surface area contributed by atoms with Crippen LogP contribution in [0.5, 0.6) is 0 Å². The molecule has 2 aromatic rings. The van der Waals surface area contributed by atoms with Gasteiger partial charge in [-0.15, -0.1) is 0 Å². The molecule has 4 nitrogen and oxygen atoms in total. The predicted molar refractivity (Wildman–Crippen MR) is 88.8 cm³/mol. The zero-order valence-corrected chi connectivity index (χ0v) is 13.4. The molecule has 2 atom stereocenters. The van der Waals surface area contributed by atoms with Gasteiger partial charge in [-0.1, -0.05) is 47.6 Å². The average Bonchev–Trinajstić information content (AvgIpc) is 3.20. The molecule has 0 amide bonds. The second-order valence-corrected chi connectivity index (χ2v) is 6.75. The highest BCUT2D eigenvalue weighted by Crippen LogP contribution is 2.33. The number of nitrogens with zero attached hydrogens (tertiary/aromatic N) is 3. The Hall–Kier alpha value is -1.94. The van der Waals surface area contributed by atoms with Crippen molar-refractivity contribution in [2.75, 3.05) is 13.1 Å². The molecular weight excluding hydrogens is 286 g/mol. The number of likely N-dealkylation sites (tertiary alicyclic amines) is 1. The molecule has 4 heteroatoms. The Morgan fingerprint density at radius 3 is 2.48 bits per heavy atom. The highest BCUT2D eigenvalue weighted by atomic mass is 16.5. The molecule has 4 rings (SSSR count). The molecule has 120 valence electrons. The van der Waals surface area contributed by atoms with Crippen molar-refractivity contribution in [2.45, 2.75) is 32.2 Å². The maximum atomic E-state index is 5.45. The lowest BCUT2D eigenvalue weighted by Gasteiger charge is -2.18. The molecule has 1 aliphatic carbocycles. The fourth-order valence-electron chi connectivity index (χ4n) is 3.79. The molecule has 1 aromatic heterocycles. The third-order valence-corrected chi connectivity index (χ3v) is 5.05. The predicted octanol–water partition coefficient (Wildman–Crippen LogP) is 3.25. The standard InChI is InChI=1S/C19H23N3O/c1-2-6-15(7-3-1)10-11-18-20-19(23-21-18)14-22-12-16-8-4-5-9-17(16)13-22/h1-7,16-17H,8-14H2/t16-,17-/m1/s1. The van der Waals surface area contributed by atoms with Crippen molar-refractivity contribution in [3.63, 3.8) is 0 Å². The quantitative estimate of drug-likeness (QED) is 0.795. The lowest BCUT2D eigenvalue weighted by molar-refractivity contribution is 0.257. The van der Waals surface area contributed by atoms with Crippen LogP contribution in [0.3, 0.4) is 0 Å². The number of aromatic nitrogens is 2. The van der Waals surface area contributed by atoms with Crippen LogP contribution in [0.2, 0.25) is 0 Å². The molecule has 1 fully saturated rings. The van der Waals surface area contributed by atoms with Crippen LogP contribution in [-0.4, -0.2) is 28.1 Å². The van der Waals surface area contributed by atoms with Gasteiger partial charge in [0, 0.05) is 19.5 Å². The molecule has 0 N–H and O–H groups in total. The van der Waals surface area contributed by atoms with E-state index in [-0.39, 0.29) is 0 Å². The van der Waals surface area contributed by atoms with Crippen LogP contribution >= 0.6 is 0 Å². The number of benzene rings is 1. The molecule has 2 aliphatic rings. The lowest BCUT2D eigenvalue weighted by atomic mass is 9.86. The van der Waals surface area contributed by atoms with E-state index in [1.807, 2.05) is 6.07 Å². The monoisotopic (exact) mass is 309 g/mol. The summed E-state index contributed by atoms with van der Waals surface area (Å²) < 4.78 is 5.45. The molecule has 0 spiro atoms. The third kappa shape index (κ3) is 3.53. The molecule has 23 heavy (non-hydrogen) atoms. The minimum atomic E-state index is 0.764.